The van der Waals surface area contributed by atoms with Gasteiger partial charge < -0.3 is 9.53 Å². The molecule has 23 heavy (non-hydrogen) atoms. The second kappa shape index (κ2) is 8.89. The molecule has 0 aromatic heterocycles. The number of ether oxygens (including phenoxy) is 1. The van der Waals surface area contributed by atoms with E-state index in [0.29, 0.717) is 12.8 Å². The molecular formula is C20H22O3. The van der Waals surface area contributed by atoms with Crippen molar-refractivity contribution in [2.45, 2.75) is 32.3 Å². The number of carbonyl (C=O) groups is 2. The first kappa shape index (κ1) is 16.9. The molecule has 3 nitrogen and oxygen atoms in total. The number of esters is 1. The summed E-state index contributed by atoms with van der Waals surface area (Å²) in [6, 6.07) is 19.2. The van der Waals surface area contributed by atoms with E-state index in [0.717, 1.165) is 17.4 Å². The van der Waals surface area contributed by atoms with Gasteiger partial charge in [0.15, 0.2) is 0 Å². The molecule has 120 valence electrons. The van der Waals surface area contributed by atoms with Crippen LogP contribution in [-0.4, -0.2) is 12.3 Å². The first-order valence-corrected chi connectivity index (χ1v) is 7.90. The molecule has 2 aromatic rings. The smallest absolute Gasteiger partial charge is 0.313 e. The fraction of sp³-hybridized carbons (Fsp3) is 0.300. The fourth-order valence-electron chi connectivity index (χ4n) is 2.55. The summed E-state index contributed by atoms with van der Waals surface area (Å²) in [6.07, 6.45) is 1.97. The maximum absolute atomic E-state index is 12.5. The Labute approximate surface area is 137 Å². The molecule has 2 rings (SSSR count). The van der Waals surface area contributed by atoms with Crippen molar-refractivity contribution in [2.24, 2.45) is 5.92 Å². The molecule has 3 heteroatoms. The van der Waals surface area contributed by atoms with Gasteiger partial charge >= 0.3 is 5.97 Å². The Morgan fingerprint density at radius 2 is 1.65 bits per heavy atom. The minimum atomic E-state index is -0.338. The maximum atomic E-state index is 12.5. The topological polar surface area (TPSA) is 43.4 Å². The zero-order valence-corrected chi connectivity index (χ0v) is 13.4. The van der Waals surface area contributed by atoms with Crippen molar-refractivity contribution in [3.8, 4) is 0 Å². The van der Waals surface area contributed by atoms with Crippen LogP contribution >= 0.6 is 0 Å². The molecule has 0 radical (unpaired) electrons. The number of hydrogen-bond acceptors (Lipinski definition) is 3. The zero-order valence-electron chi connectivity index (χ0n) is 13.4. The van der Waals surface area contributed by atoms with Crippen molar-refractivity contribution < 1.29 is 14.3 Å². The Kier molecular flexibility index (Phi) is 6.55. The highest BCUT2D eigenvalue weighted by atomic mass is 16.5. The van der Waals surface area contributed by atoms with Gasteiger partial charge in [0.05, 0.1) is 5.92 Å². The van der Waals surface area contributed by atoms with Crippen LogP contribution in [0.1, 0.15) is 36.8 Å². The average molecular weight is 310 g/mol. The van der Waals surface area contributed by atoms with Gasteiger partial charge in [-0.15, -0.1) is 0 Å². The maximum Gasteiger partial charge on any atom is 0.313 e. The van der Waals surface area contributed by atoms with Crippen LogP contribution < -0.4 is 0 Å². The van der Waals surface area contributed by atoms with Crippen LogP contribution in [0, 0.1) is 5.92 Å². The minimum Gasteiger partial charge on any atom is -0.460 e. The number of rotatable bonds is 8. The molecule has 0 fully saturated rings. The monoisotopic (exact) mass is 310 g/mol. The van der Waals surface area contributed by atoms with E-state index >= 15 is 0 Å². The van der Waals surface area contributed by atoms with Crippen molar-refractivity contribution in [3.05, 3.63) is 71.8 Å². The summed E-state index contributed by atoms with van der Waals surface area (Å²) in [7, 11) is 0. The van der Waals surface area contributed by atoms with Gasteiger partial charge in [-0.2, -0.15) is 0 Å². The second-order valence-corrected chi connectivity index (χ2v) is 5.80. The number of hydrogen-bond donors (Lipinski definition) is 0. The average Bonchev–Trinajstić information content (AvgIpc) is 2.59. The summed E-state index contributed by atoms with van der Waals surface area (Å²) in [5.74, 6) is -0.436. The number of benzene rings is 2. The fourth-order valence-corrected chi connectivity index (χ4v) is 2.55. The second-order valence-electron chi connectivity index (χ2n) is 5.80. The molecule has 0 saturated carbocycles. The first-order chi connectivity index (χ1) is 11.2. The van der Waals surface area contributed by atoms with Gasteiger partial charge in [0.1, 0.15) is 12.9 Å². The number of carbonyl (C=O) groups excluding carboxylic acids is 2. The van der Waals surface area contributed by atoms with Crippen LogP contribution in [0.2, 0.25) is 0 Å². The quantitative estimate of drug-likeness (QED) is 0.544. The van der Waals surface area contributed by atoms with Crippen LogP contribution in [0.25, 0.3) is 0 Å². The predicted molar refractivity (Wildman–Crippen MR) is 89.9 cm³/mol. The molecule has 0 spiro atoms. The van der Waals surface area contributed by atoms with E-state index in [4.69, 9.17) is 4.74 Å². The molecule has 0 aliphatic rings. The third kappa shape index (κ3) is 5.37. The third-order valence-electron chi connectivity index (χ3n) is 3.85. The van der Waals surface area contributed by atoms with Gasteiger partial charge in [-0.1, -0.05) is 67.6 Å². The van der Waals surface area contributed by atoms with Gasteiger partial charge in [0, 0.05) is 6.42 Å². The Morgan fingerprint density at radius 1 is 1.04 bits per heavy atom. The van der Waals surface area contributed by atoms with E-state index < -0.39 is 0 Å². The molecule has 2 aromatic carbocycles. The summed E-state index contributed by atoms with van der Waals surface area (Å²) in [6.45, 7) is 2.25. The summed E-state index contributed by atoms with van der Waals surface area (Å²) in [5, 5.41) is 0. The molecule has 0 amide bonds. The lowest BCUT2D eigenvalue weighted by Gasteiger charge is -2.19. The Morgan fingerprint density at radius 3 is 2.26 bits per heavy atom. The van der Waals surface area contributed by atoms with E-state index in [1.165, 1.54) is 0 Å². The Balaban J connectivity index is 2.06. The third-order valence-corrected chi connectivity index (χ3v) is 3.85. The molecule has 0 heterocycles. The normalized spacial score (nSPS) is 13.1. The lowest BCUT2D eigenvalue weighted by Crippen LogP contribution is -2.18. The van der Waals surface area contributed by atoms with E-state index in [1.54, 1.807) is 0 Å². The van der Waals surface area contributed by atoms with Crippen molar-refractivity contribution in [1.82, 2.24) is 0 Å². The van der Waals surface area contributed by atoms with Crippen LogP contribution in [0.3, 0.4) is 0 Å². The minimum absolute atomic E-state index is 0.141. The van der Waals surface area contributed by atoms with Gasteiger partial charge in [0.2, 0.25) is 0 Å². The van der Waals surface area contributed by atoms with E-state index in [-0.39, 0.29) is 24.4 Å². The summed E-state index contributed by atoms with van der Waals surface area (Å²) < 4.78 is 5.50. The largest absolute Gasteiger partial charge is 0.460 e. The lowest BCUT2D eigenvalue weighted by molar-refractivity contribution is -0.147. The summed E-state index contributed by atoms with van der Waals surface area (Å²) in [5.41, 5.74) is 1.90. The molecular weight excluding hydrogens is 288 g/mol. The van der Waals surface area contributed by atoms with E-state index in [9.17, 15) is 9.59 Å². The van der Waals surface area contributed by atoms with Crippen LogP contribution in [0.4, 0.5) is 0 Å². The highest BCUT2D eigenvalue weighted by Crippen LogP contribution is 2.26. The standard InChI is InChI=1S/C20H22O3/c1-16(12-13-21)14-19(18-10-6-3-7-11-18)20(22)23-15-17-8-4-2-5-9-17/h2-11,13,16,19H,12,14-15H2,1H3. The summed E-state index contributed by atoms with van der Waals surface area (Å²) in [4.78, 5) is 23.2. The van der Waals surface area contributed by atoms with Gasteiger partial charge in [0.25, 0.3) is 0 Å². The Hall–Kier alpha value is -2.42. The van der Waals surface area contributed by atoms with Crippen LogP contribution in [-0.2, 0) is 20.9 Å². The van der Waals surface area contributed by atoms with Crippen molar-refractivity contribution in [3.63, 3.8) is 0 Å². The van der Waals surface area contributed by atoms with Gasteiger partial charge in [-0.25, -0.2) is 0 Å². The Bertz CT molecular complexity index is 607. The van der Waals surface area contributed by atoms with Crippen molar-refractivity contribution in [1.29, 1.82) is 0 Å². The van der Waals surface area contributed by atoms with Crippen LogP contribution in [0.15, 0.2) is 60.7 Å². The lowest BCUT2D eigenvalue weighted by atomic mass is 9.88. The number of aldehydes is 1. The van der Waals surface area contributed by atoms with Crippen molar-refractivity contribution >= 4 is 12.3 Å². The SMILES string of the molecule is CC(CC=O)CC(C(=O)OCc1ccccc1)c1ccccc1. The molecule has 2 unspecified atom stereocenters. The molecule has 0 saturated heterocycles. The van der Waals surface area contributed by atoms with E-state index in [2.05, 4.69) is 0 Å². The molecule has 0 N–H and O–H groups in total. The molecule has 0 aliphatic heterocycles. The molecule has 0 aliphatic carbocycles. The van der Waals surface area contributed by atoms with Gasteiger partial charge in [-0.3, -0.25) is 4.79 Å². The zero-order chi connectivity index (χ0) is 16.5. The highest BCUT2D eigenvalue weighted by Gasteiger charge is 2.24. The highest BCUT2D eigenvalue weighted by molar-refractivity contribution is 5.78. The molecule has 2 atom stereocenters. The van der Waals surface area contributed by atoms with Crippen molar-refractivity contribution in [2.75, 3.05) is 0 Å². The van der Waals surface area contributed by atoms with Crippen LogP contribution in [0.5, 0.6) is 0 Å². The predicted octanol–water partition coefficient (Wildman–Crippen LogP) is 4.13. The van der Waals surface area contributed by atoms with E-state index in [1.807, 2.05) is 67.6 Å². The summed E-state index contributed by atoms with van der Waals surface area (Å²) >= 11 is 0. The molecule has 0 bridgehead atoms. The van der Waals surface area contributed by atoms with Gasteiger partial charge in [-0.05, 0) is 23.5 Å². The first-order valence-electron chi connectivity index (χ1n) is 7.90.